The van der Waals surface area contributed by atoms with Gasteiger partial charge < -0.3 is 14.8 Å². The van der Waals surface area contributed by atoms with Crippen LogP contribution in [0.1, 0.15) is 49.9 Å². The number of hydrogen-bond donors (Lipinski definition) is 1. The van der Waals surface area contributed by atoms with Crippen LogP contribution >= 0.6 is 0 Å². The predicted octanol–water partition coefficient (Wildman–Crippen LogP) is 2.94. The van der Waals surface area contributed by atoms with Gasteiger partial charge in [0, 0.05) is 6.04 Å². The highest BCUT2D eigenvalue weighted by Gasteiger charge is 2.22. The highest BCUT2D eigenvalue weighted by Crippen LogP contribution is 2.23. The first kappa shape index (κ1) is 17.3. The molecule has 0 bridgehead atoms. The van der Waals surface area contributed by atoms with Crippen molar-refractivity contribution in [3.05, 3.63) is 29.8 Å². The second kappa shape index (κ2) is 8.56. The summed E-state index contributed by atoms with van der Waals surface area (Å²) in [7, 11) is 0. The van der Waals surface area contributed by atoms with E-state index >= 15 is 0 Å². The number of hydrogen-bond acceptors (Lipinski definition) is 4. The Morgan fingerprint density at radius 3 is 2.78 bits per heavy atom. The molecule has 0 aliphatic heterocycles. The Morgan fingerprint density at radius 2 is 2.04 bits per heavy atom. The molecule has 126 valence electrons. The molecule has 1 aromatic rings. The molecular formula is C18H25NO4. The number of ether oxygens (including phenoxy) is 2. The van der Waals surface area contributed by atoms with Gasteiger partial charge in [0.15, 0.2) is 6.61 Å². The molecule has 1 aliphatic carbocycles. The fourth-order valence-corrected chi connectivity index (χ4v) is 2.86. The Morgan fingerprint density at radius 1 is 1.26 bits per heavy atom. The lowest BCUT2D eigenvalue weighted by molar-refractivity contribution is -0.124. The van der Waals surface area contributed by atoms with Crippen LogP contribution in [0.25, 0.3) is 0 Å². The van der Waals surface area contributed by atoms with Crippen LogP contribution in [0.4, 0.5) is 0 Å². The van der Waals surface area contributed by atoms with Crippen LogP contribution in [0.3, 0.4) is 0 Å². The molecule has 0 saturated heterocycles. The lowest BCUT2D eigenvalue weighted by Crippen LogP contribution is -2.43. The van der Waals surface area contributed by atoms with Gasteiger partial charge in [0.2, 0.25) is 0 Å². The maximum absolute atomic E-state index is 12.0. The first-order chi connectivity index (χ1) is 11.1. The summed E-state index contributed by atoms with van der Waals surface area (Å²) in [6.45, 7) is 4.21. The molecule has 0 radical (unpaired) electrons. The maximum atomic E-state index is 12.0. The highest BCUT2D eigenvalue weighted by molar-refractivity contribution is 5.89. The minimum Gasteiger partial charge on any atom is -0.484 e. The van der Waals surface area contributed by atoms with Crippen molar-refractivity contribution in [1.82, 2.24) is 5.32 Å². The minimum absolute atomic E-state index is 0.0461. The molecule has 1 aromatic carbocycles. The number of amides is 1. The van der Waals surface area contributed by atoms with E-state index in [1.165, 1.54) is 6.42 Å². The van der Waals surface area contributed by atoms with Crippen molar-refractivity contribution in [3.63, 3.8) is 0 Å². The average molecular weight is 319 g/mol. The van der Waals surface area contributed by atoms with Crippen molar-refractivity contribution in [2.75, 3.05) is 13.2 Å². The summed E-state index contributed by atoms with van der Waals surface area (Å²) in [5.74, 6) is 0.492. The molecule has 1 saturated carbocycles. The zero-order valence-corrected chi connectivity index (χ0v) is 13.8. The van der Waals surface area contributed by atoms with Gasteiger partial charge in [-0.15, -0.1) is 0 Å². The van der Waals surface area contributed by atoms with Gasteiger partial charge in [-0.2, -0.15) is 0 Å². The van der Waals surface area contributed by atoms with Crippen molar-refractivity contribution in [1.29, 1.82) is 0 Å². The van der Waals surface area contributed by atoms with E-state index in [-0.39, 0.29) is 18.6 Å². The topological polar surface area (TPSA) is 64.6 Å². The third-order valence-corrected chi connectivity index (χ3v) is 4.17. The van der Waals surface area contributed by atoms with Crippen LogP contribution < -0.4 is 10.1 Å². The average Bonchev–Trinajstić information content (AvgIpc) is 2.56. The number of carbonyl (C=O) groups is 2. The first-order valence-electron chi connectivity index (χ1n) is 8.29. The molecular weight excluding hydrogens is 294 g/mol. The SMILES string of the molecule is CCOC(=O)c1cccc(OCC(=O)N[C@@H]2CCCC[C@H]2C)c1. The molecule has 1 aliphatic rings. The monoisotopic (exact) mass is 319 g/mol. The van der Waals surface area contributed by atoms with Crippen molar-refractivity contribution in [2.45, 2.75) is 45.6 Å². The zero-order chi connectivity index (χ0) is 16.7. The number of rotatable bonds is 6. The summed E-state index contributed by atoms with van der Waals surface area (Å²) in [4.78, 5) is 23.7. The first-order valence-corrected chi connectivity index (χ1v) is 8.29. The van der Waals surface area contributed by atoms with Crippen LogP contribution in [0.5, 0.6) is 5.75 Å². The molecule has 0 spiro atoms. The van der Waals surface area contributed by atoms with E-state index in [0.717, 1.165) is 19.3 Å². The summed E-state index contributed by atoms with van der Waals surface area (Å²) < 4.78 is 10.4. The number of carbonyl (C=O) groups excluding carboxylic acids is 2. The normalized spacial score (nSPS) is 20.6. The summed E-state index contributed by atoms with van der Waals surface area (Å²) >= 11 is 0. The van der Waals surface area contributed by atoms with E-state index in [1.54, 1.807) is 31.2 Å². The highest BCUT2D eigenvalue weighted by atomic mass is 16.5. The lowest BCUT2D eigenvalue weighted by atomic mass is 9.86. The van der Waals surface area contributed by atoms with Crippen LogP contribution in [0.2, 0.25) is 0 Å². The van der Waals surface area contributed by atoms with Crippen molar-refractivity contribution >= 4 is 11.9 Å². The number of benzene rings is 1. The number of esters is 1. The molecule has 2 rings (SSSR count). The molecule has 2 atom stereocenters. The third kappa shape index (κ3) is 5.27. The summed E-state index contributed by atoms with van der Waals surface area (Å²) in [5.41, 5.74) is 0.422. The van der Waals surface area contributed by atoms with E-state index < -0.39 is 5.97 Å². The summed E-state index contributed by atoms with van der Waals surface area (Å²) in [5, 5.41) is 3.04. The van der Waals surface area contributed by atoms with Crippen molar-refractivity contribution in [3.8, 4) is 5.75 Å². The van der Waals surface area contributed by atoms with Gasteiger partial charge in [-0.05, 0) is 43.9 Å². The standard InChI is InChI=1S/C18H25NO4/c1-3-22-18(21)14-8-6-9-15(11-14)23-12-17(20)19-16-10-5-4-7-13(16)2/h6,8-9,11,13,16H,3-5,7,10,12H2,1-2H3,(H,19,20)/t13-,16-/m1/s1. The minimum atomic E-state index is -0.390. The summed E-state index contributed by atoms with van der Waals surface area (Å²) in [6, 6.07) is 6.93. The number of nitrogens with one attached hydrogen (secondary N) is 1. The summed E-state index contributed by atoms with van der Waals surface area (Å²) in [6.07, 6.45) is 4.60. The Bertz CT molecular complexity index is 544. The molecule has 1 amide bonds. The van der Waals surface area contributed by atoms with Gasteiger partial charge in [-0.25, -0.2) is 4.79 Å². The molecule has 23 heavy (non-hydrogen) atoms. The van der Waals surface area contributed by atoms with Crippen LogP contribution in [-0.4, -0.2) is 31.1 Å². The smallest absolute Gasteiger partial charge is 0.338 e. The van der Waals surface area contributed by atoms with Gasteiger partial charge in [0.25, 0.3) is 5.91 Å². The van der Waals surface area contributed by atoms with E-state index in [9.17, 15) is 9.59 Å². The van der Waals surface area contributed by atoms with Gasteiger partial charge >= 0.3 is 5.97 Å². The fourth-order valence-electron chi connectivity index (χ4n) is 2.86. The van der Waals surface area contributed by atoms with E-state index in [4.69, 9.17) is 9.47 Å². The van der Waals surface area contributed by atoms with E-state index in [2.05, 4.69) is 12.2 Å². The zero-order valence-electron chi connectivity index (χ0n) is 13.8. The molecule has 1 fully saturated rings. The van der Waals surface area contributed by atoms with Gasteiger partial charge in [0.05, 0.1) is 12.2 Å². The van der Waals surface area contributed by atoms with E-state index in [0.29, 0.717) is 23.8 Å². The molecule has 0 heterocycles. The Kier molecular flexibility index (Phi) is 6.44. The molecule has 5 nitrogen and oxygen atoms in total. The van der Waals surface area contributed by atoms with Gasteiger partial charge in [-0.3, -0.25) is 4.79 Å². The van der Waals surface area contributed by atoms with Crippen molar-refractivity contribution < 1.29 is 19.1 Å². The van der Waals surface area contributed by atoms with Crippen LogP contribution in [-0.2, 0) is 9.53 Å². The van der Waals surface area contributed by atoms with Gasteiger partial charge in [0.1, 0.15) is 5.75 Å². The fraction of sp³-hybridized carbons (Fsp3) is 0.556. The Labute approximate surface area is 137 Å². The third-order valence-electron chi connectivity index (χ3n) is 4.17. The molecule has 0 unspecified atom stereocenters. The quantitative estimate of drug-likeness (QED) is 0.819. The maximum Gasteiger partial charge on any atom is 0.338 e. The molecule has 5 heteroatoms. The second-order valence-electron chi connectivity index (χ2n) is 5.97. The van der Waals surface area contributed by atoms with Crippen LogP contribution in [0, 0.1) is 5.92 Å². The largest absolute Gasteiger partial charge is 0.484 e. The molecule has 1 N–H and O–H groups in total. The van der Waals surface area contributed by atoms with Crippen molar-refractivity contribution in [2.24, 2.45) is 5.92 Å². The Balaban J connectivity index is 1.84. The van der Waals surface area contributed by atoms with Gasteiger partial charge in [-0.1, -0.05) is 25.8 Å². The lowest BCUT2D eigenvalue weighted by Gasteiger charge is -2.29. The second-order valence-corrected chi connectivity index (χ2v) is 5.97. The van der Waals surface area contributed by atoms with E-state index in [1.807, 2.05) is 0 Å². The molecule has 0 aromatic heterocycles. The van der Waals surface area contributed by atoms with Crippen LogP contribution in [0.15, 0.2) is 24.3 Å². The predicted molar refractivity (Wildman–Crippen MR) is 87.5 cm³/mol. The Hall–Kier alpha value is -2.04.